The minimum Gasteiger partial charge on any atom is -0.379 e. The van der Waals surface area contributed by atoms with Crippen LogP contribution < -0.4 is 4.90 Å². The molecule has 4 rings (SSSR count). The molecular formula is C17H21N5O3. The first-order valence-electron chi connectivity index (χ1n) is 8.55. The largest absolute Gasteiger partial charge is 0.379 e. The third-order valence-electron chi connectivity index (χ3n) is 5.03. The van der Waals surface area contributed by atoms with Crippen LogP contribution in [-0.4, -0.2) is 65.3 Å². The maximum Gasteiger partial charge on any atom is 0.292 e. The molecule has 0 N–H and O–H groups in total. The standard InChI is InChI=1S/C17H21N5O3/c23-15(14-2-7-20-25-14)21-8-3-17(4-9-21)12-22(10-11-24-13-17)16-18-5-1-6-19-16/h1-2,5-7H,3-4,8-13H2. The fraction of sp³-hybridized carbons (Fsp3) is 0.529. The molecule has 0 atom stereocenters. The first-order valence-corrected chi connectivity index (χ1v) is 8.55. The minimum absolute atomic E-state index is 0.0217. The van der Waals surface area contributed by atoms with Crippen molar-refractivity contribution in [1.82, 2.24) is 20.0 Å². The van der Waals surface area contributed by atoms with E-state index in [9.17, 15) is 4.79 Å². The zero-order valence-electron chi connectivity index (χ0n) is 14.0. The quantitative estimate of drug-likeness (QED) is 0.810. The van der Waals surface area contributed by atoms with E-state index in [0.29, 0.717) is 32.1 Å². The molecule has 0 aliphatic carbocycles. The van der Waals surface area contributed by atoms with E-state index >= 15 is 0 Å². The molecule has 0 bridgehead atoms. The normalized spacial score (nSPS) is 20.5. The molecule has 0 saturated carbocycles. The molecule has 2 aliphatic heterocycles. The number of rotatable bonds is 2. The molecule has 2 fully saturated rings. The third kappa shape index (κ3) is 3.34. The Morgan fingerprint density at radius 3 is 2.64 bits per heavy atom. The Labute approximate surface area is 145 Å². The number of amides is 1. The summed E-state index contributed by atoms with van der Waals surface area (Å²) in [5.74, 6) is 0.949. The maximum absolute atomic E-state index is 12.4. The van der Waals surface area contributed by atoms with Crippen LogP contribution in [0.3, 0.4) is 0 Å². The molecule has 0 unspecified atom stereocenters. The van der Waals surface area contributed by atoms with Crippen molar-refractivity contribution in [2.75, 3.05) is 44.3 Å². The monoisotopic (exact) mass is 343 g/mol. The van der Waals surface area contributed by atoms with Gasteiger partial charge in [0, 0.05) is 50.1 Å². The van der Waals surface area contributed by atoms with E-state index in [0.717, 1.165) is 31.9 Å². The van der Waals surface area contributed by atoms with Crippen LogP contribution in [0.5, 0.6) is 0 Å². The van der Waals surface area contributed by atoms with Crippen molar-refractivity contribution < 1.29 is 14.1 Å². The lowest BCUT2D eigenvalue weighted by atomic mass is 9.78. The van der Waals surface area contributed by atoms with Gasteiger partial charge in [-0.3, -0.25) is 4.79 Å². The van der Waals surface area contributed by atoms with Gasteiger partial charge in [0.05, 0.1) is 19.4 Å². The van der Waals surface area contributed by atoms with Crippen molar-refractivity contribution in [3.8, 4) is 0 Å². The van der Waals surface area contributed by atoms with Gasteiger partial charge in [-0.15, -0.1) is 0 Å². The molecule has 4 heterocycles. The maximum atomic E-state index is 12.4. The molecule has 1 amide bonds. The van der Waals surface area contributed by atoms with Gasteiger partial charge in [0.2, 0.25) is 11.7 Å². The van der Waals surface area contributed by atoms with E-state index in [4.69, 9.17) is 9.26 Å². The molecule has 2 aromatic heterocycles. The van der Waals surface area contributed by atoms with E-state index in [1.165, 1.54) is 6.20 Å². The van der Waals surface area contributed by atoms with Crippen LogP contribution in [0.2, 0.25) is 0 Å². The second-order valence-electron chi connectivity index (χ2n) is 6.69. The number of likely N-dealkylation sites (tertiary alicyclic amines) is 1. The average Bonchev–Trinajstić information content (AvgIpc) is 3.12. The lowest BCUT2D eigenvalue weighted by molar-refractivity contribution is 0.0193. The molecule has 1 spiro atoms. The Balaban J connectivity index is 1.44. The second kappa shape index (κ2) is 6.79. The highest BCUT2D eigenvalue weighted by atomic mass is 16.5. The SMILES string of the molecule is O=C(c1ccno1)N1CCC2(CC1)COCCN(c1ncccn1)C2. The lowest BCUT2D eigenvalue weighted by Crippen LogP contribution is -2.49. The van der Waals surface area contributed by atoms with Gasteiger partial charge >= 0.3 is 0 Å². The molecule has 25 heavy (non-hydrogen) atoms. The van der Waals surface area contributed by atoms with E-state index in [1.54, 1.807) is 18.5 Å². The van der Waals surface area contributed by atoms with Crippen molar-refractivity contribution in [2.45, 2.75) is 12.8 Å². The highest BCUT2D eigenvalue weighted by Crippen LogP contribution is 2.35. The van der Waals surface area contributed by atoms with Crippen LogP contribution in [0.4, 0.5) is 5.95 Å². The molecule has 8 nitrogen and oxygen atoms in total. The highest BCUT2D eigenvalue weighted by Gasteiger charge is 2.40. The molecule has 132 valence electrons. The van der Waals surface area contributed by atoms with E-state index in [-0.39, 0.29) is 11.3 Å². The zero-order chi connectivity index (χ0) is 17.1. The molecule has 2 aliphatic rings. The predicted octanol–water partition coefficient (Wildman–Crippen LogP) is 1.22. The van der Waals surface area contributed by atoms with Gasteiger partial charge in [-0.05, 0) is 18.9 Å². The first kappa shape index (κ1) is 16.0. The fourth-order valence-corrected chi connectivity index (χ4v) is 3.59. The van der Waals surface area contributed by atoms with Gasteiger partial charge in [0.15, 0.2) is 0 Å². The molecule has 2 aromatic rings. The van der Waals surface area contributed by atoms with Gasteiger partial charge in [0.25, 0.3) is 5.91 Å². The number of hydrogen-bond donors (Lipinski definition) is 0. The second-order valence-corrected chi connectivity index (χ2v) is 6.69. The minimum atomic E-state index is -0.0925. The van der Waals surface area contributed by atoms with Gasteiger partial charge in [-0.25, -0.2) is 9.97 Å². The summed E-state index contributed by atoms with van der Waals surface area (Å²) in [6.45, 7) is 4.38. The summed E-state index contributed by atoms with van der Waals surface area (Å²) in [6.07, 6.45) is 6.79. The van der Waals surface area contributed by atoms with E-state index in [2.05, 4.69) is 20.0 Å². The first-order chi connectivity index (χ1) is 12.3. The molecule has 0 aromatic carbocycles. The van der Waals surface area contributed by atoms with Crippen molar-refractivity contribution in [1.29, 1.82) is 0 Å². The number of nitrogens with zero attached hydrogens (tertiary/aromatic N) is 5. The summed E-state index contributed by atoms with van der Waals surface area (Å²) in [5.41, 5.74) is 0.0217. The van der Waals surface area contributed by atoms with Crippen molar-refractivity contribution in [3.05, 3.63) is 36.5 Å². The van der Waals surface area contributed by atoms with Gasteiger partial charge in [-0.1, -0.05) is 5.16 Å². The molecule has 0 radical (unpaired) electrons. The van der Waals surface area contributed by atoms with Crippen molar-refractivity contribution >= 4 is 11.9 Å². The van der Waals surface area contributed by atoms with E-state index < -0.39 is 0 Å². The fourth-order valence-electron chi connectivity index (χ4n) is 3.59. The molecular weight excluding hydrogens is 322 g/mol. The van der Waals surface area contributed by atoms with Crippen LogP contribution in [0.1, 0.15) is 23.4 Å². The number of aromatic nitrogens is 3. The molecule has 8 heteroatoms. The number of carbonyl (C=O) groups is 1. The van der Waals surface area contributed by atoms with Gasteiger partial charge in [0.1, 0.15) is 0 Å². The Morgan fingerprint density at radius 1 is 1.12 bits per heavy atom. The average molecular weight is 343 g/mol. The Morgan fingerprint density at radius 2 is 1.92 bits per heavy atom. The van der Waals surface area contributed by atoms with Crippen molar-refractivity contribution in [2.24, 2.45) is 5.41 Å². The summed E-state index contributed by atoms with van der Waals surface area (Å²) in [7, 11) is 0. The van der Waals surface area contributed by atoms with E-state index in [1.807, 2.05) is 11.0 Å². The number of piperidine rings is 1. The summed E-state index contributed by atoms with van der Waals surface area (Å²) >= 11 is 0. The summed E-state index contributed by atoms with van der Waals surface area (Å²) < 4.78 is 10.9. The van der Waals surface area contributed by atoms with Gasteiger partial charge < -0.3 is 19.1 Å². The Bertz CT molecular complexity index is 698. The Hall–Kier alpha value is -2.48. The highest BCUT2D eigenvalue weighted by molar-refractivity contribution is 5.91. The number of hydrogen-bond acceptors (Lipinski definition) is 7. The summed E-state index contributed by atoms with van der Waals surface area (Å²) in [5, 5.41) is 3.61. The summed E-state index contributed by atoms with van der Waals surface area (Å²) in [6, 6.07) is 3.43. The van der Waals surface area contributed by atoms with Crippen LogP contribution in [0, 0.1) is 5.41 Å². The number of anilines is 1. The topological polar surface area (TPSA) is 84.6 Å². The van der Waals surface area contributed by atoms with Gasteiger partial charge in [-0.2, -0.15) is 0 Å². The Kier molecular flexibility index (Phi) is 4.35. The third-order valence-corrected chi connectivity index (χ3v) is 5.03. The van der Waals surface area contributed by atoms with Crippen LogP contribution in [0.15, 0.2) is 35.2 Å². The lowest BCUT2D eigenvalue weighted by Gasteiger charge is -2.42. The smallest absolute Gasteiger partial charge is 0.292 e. The van der Waals surface area contributed by atoms with Crippen LogP contribution in [-0.2, 0) is 4.74 Å². The number of carbonyl (C=O) groups excluding carboxylic acids is 1. The predicted molar refractivity (Wildman–Crippen MR) is 89.1 cm³/mol. The van der Waals surface area contributed by atoms with Crippen LogP contribution >= 0.6 is 0 Å². The zero-order valence-corrected chi connectivity index (χ0v) is 14.0. The number of ether oxygens (including phenoxy) is 1. The van der Waals surface area contributed by atoms with Crippen LogP contribution in [0.25, 0.3) is 0 Å². The summed E-state index contributed by atoms with van der Waals surface area (Å²) in [4.78, 5) is 25.2. The van der Waals surface area contributed by atoms with Crippen molar-refractivity contribution in [3.63, 3.8) is 0 Å². The molecule has 2 saturated heterocycles.